The predicted octanol–water partition coefficient (Wildman–Crippen LogP) is -5.01. The lowest BCUT2D eigenvalue weighted by Gasteiger charge is -2.44. The van der Waals surface area contributed by atoms with Crippen LogP contribution in [0, 0.1) is 16.2 Å². The molecule has 106 heavy (non-hydrogen) atoms. The van der Waals surface area contributed by atoms with Crippen LogP contribution in [-0.2, 0) is 93.5 Å². The number of aliphatic hydroxyl groups excluding tert-OH is 10. The molecule has 0 bridgehead atoms. The van der Waals surface area contributed by atoms with Gasteiger partial charge >= 0.3 is 0 Å². The minimum atomic E-state index is -5.42. The van der Waals surface area contributed by atoms with E-state index in [1.807, 2.05) is 0 Å². The van der Waals surface area contributed by atoms with Crippen LogP contribution in [0.5, 0.6) is 0 Å². The number of unbranched alkanes of at least 4 members (excludes halogenated alkanes) is 3. The molecule has 0 aromatic heterocycles. The van der Waals surface area contributed by atoms with E-state index in [0.717, 1.165) is 0 Å². The van der Waals surface area contributed by atoms with Gasteiger partial charge in [0.15, 0.2) is 18.9 Å². The summed E-state index contributed by atoms with van der Waals surface area (Å²) in [5, 5.41) is 118. The highest BCUT2D eigenvalue weighted by molar-refractivity contribution is 7.46. The SMILES string of the molecule is CC(=O)N[C@H]1[C@H](OCCCCC(=O)NC2CCC(CO)(COP(=O)([O-])OCC3(COP(=O)([O-])OCC4(COP(=O)([O-])O)CCC(NC(=O)CCCCO[C@@H]5O[C@H](CO)[C@H](O)[C@H](O)[C@H]5NC(C)=O)CC4)CCC(NC(=O)CCCCO[C@@H]4O[C@H](CO)[C@H](O)[C@H](O)[C@H]4NC(C)=O)CC3)CC2)O[C@H](CO)[C@H](O)[C@@H]1O. The van der Waals surface area contributed by atoms with Gasteiger partial charge in [-0.1, -0.05) is 0 Å². The maximum atomic E-state index is 13.8. The molecule has 3 heterocycles. The predicted molar refractivity (Wildman–Crippen MR) is 356 cm³/mol. The second kappa shape index (κ2) is 43.0. The molecule has 40 nitrogen and oxygen atoms in total. The molecule has 0 spiro atoms. The summed E-state index contributed by atoms with van der Waals surface area (Å²) in [7, 11) is -16.1. The summed E-state index contributed by atoms with van der Waals surface area (Å²) in [6.07, 6.45) is -12.7. The van der Waals surface area contributed by atoms with E-state index in [4.69, 9.17) is 51.0 Å². The lowest BCUT2D eigenvalue weighted by Crippen LogP contribution is -2.64. The largest absolute Gasteiger partial charge is 0.756 e. The molecular formula is C63H110N6O34P3-3. The van der Waals surface area contributed by atoms with Crippen LogP contribution >= 0.6 is 23.5 Å². The second-order valence-corrected chi connectivity index (χ2v) is 32.7. The topological polar surface area (TPSA) is 619 Å². The Balaban J connectivity index is 1.01. The molecule has 6 amide bonds. The lowest BCUT2D eigenvalue weighted by atomic mass is 9.73. The quantitative estimate of drug-likeness (QED) is 0.0201. The van der Waals surface area contributed by atoms with E-state index < -0.39 is 221 Å². The maximum absolute atomic E-state index is 13.8. The van der Waals surface area contributed by atoms with Gasteiger partial charge in [-0.2, -0.15) is 0 Å². The number of phosphoric acid groups is 3. The summed E-state index contributed by atoms with van der Waals surface area (Å²) in [5.41, 5.74) is -3.91. The van der Waals surface area contributed by atoms with Gasteiger partial charge in [0, 0.05) is 94.2 Å². The Bertz CT molecular complexity index is 2910. The number of hydrogen-bond donors (Lipinski definition) is 17. The van der Waals surface area contributed by atoms with Crippen molar-refractivity contribution < 1.29 is 164 Å². The molecule has 43 heteroatoms. The first-order valence-electron chi connectivity index (χ1n) is 35.9. The van der Waals surface area contributed by atoms with Crippen LogP contribution in [0.1, 0.15) is 156 Å². The van der Waals surface area contributed by atoms with Gasteiger partial charge < -0.3 is 154 Å². The summed E-state index contributed by atoms with van der Waals surface area (Å²) >= 11 is 0. The number of nitrogens with one attached hydrogen (secondary N) is 6. The normalized spacial score (nSPS) is 35.3. The Kier molecular flexibility index (Phi) is 37.0. The lowest BCUT2D eigenvalue weighted by molar-refractivity contribution is -0.270. The molecule has 3 unspecified atom stereocenters. The average molecular weight is 1590 g/mol. The van der Waals surface area contributed by atoms with Gasteiger partial charge in [-0.3, -0.25) is 42.5 Å². The van der Waals surface area contributed by atoms with Gasteiger partial charge in [-0.05, 0) is 116 Å². The van der Waals surface area contributed by atoms with Crippen LogP contribution in [0.15, 0.2) is 0 Å². The van der Waals surface area contributed by atoms with Crippen molar-refractivity contribution in [2.75, 3.05) is 79.3 Å². The highest BCUT2D eigenvalue weighted by Gasteiger charge is 2.49. The first-order chi connectivity index (χ1) is 50.0. The second-order valence-electron chi connectivity index (χ2n) is 28.7. The molecule has 3 saturated heterocycles. The summed E-state index contributed by atoms with van der Waals surface area (Å²) in [6, 6.07) is -4.81. The highest BCUT2D eigenvalue weighted by atomic mass is 31.2. The number of ether oxygens (including phenoxy) is 6. The van der Waals surface area contributed by atoms with Crippen LogP contribution in [0.3, 0.4) is 0 Å². The first-order valence-corrected chi connectivity index (χ1v) is 40.3. The number of carbonyl (C=O) groups excluding carboxylic acids is 6. The molecule has 17 N–H and O–H groups in total. The van der Waals surface area contributed by atoms with Gasteiger partial charge in [-0.15, -0.1) is 0 Å². The number of phosphoric ester groups is 3. The fourth-order valence-corrected chi connectivity index (χ4v) is 16.1. The van der Waals surface area contributed by atoms with Crippen LogP contribution in [0.25, 0.3) is 0 Å². The van der Waals surface area contributed by atoms with E-state index in [2.05, 4.69) is 31.9 Å². The molecule has 6 fully saturated rings. The van der Waals surface area contributed by atoms with Gasteiger partial charge in [0.05, 0.1) is 59.5 Å². The van der Waals surface area contributed by atoms with Gasteiger partial charge in [0.25, 0.3) is 23.5 Å². The van der Waals surface area contributed by atoms with Crippen molar-refractivity contribution >= 4 is 58.9 Å². The van der Waals surface area contributed by atoms with Crippen molar-refractivity contribution in [3.05, 3.63) is 0 Å². The Morgan fingerprint density at radius 1 is 0.396 bits per heavy atom. The fraction of sp³-hybridized carbons (Fsp3) is 0.905. The molecular weight excluding hydrogens is 1480 g/mol. The number of rotatable bonds is 43. The molecule has 3 aliphatic heterocycles. The van der Waals surface area contributed by atoms with Crippen molar-refractivity contribution in [2.24, 2.45) is 16.2 Å². The number of aliphatic hydroxyl groups is 10. The van der Waals surface area contributed by atoms with Gasteiger partial charge in [0.2, 0.25) is 35.4 Å². The fourth-order valence-electron chi connectivity index (χ4n) is 13.8. The molecule has 3 aliphatic carbocycles. The highest BCUT2D eigenvalue weighted by Crippen LogP contribution is 2.51. The van der Waals surface area contributed by atoms with Gasteiger partial charge in [0.1, 0.15) is 73.1 Å². The molecule has 6 aliphatic rings. The maximum Gasteiger partial charge on any atom is 0.267 e. The summed E-state index contributed by atoms with van der Waals surface area (Å²) in [5.74, 6) is -2.66. The number of carbonyl (C=O) groups is 6. The minimum Gasteiger partial charge on any atom is -0.756 e. The van der Waals surface area contributed by atoms with Crippen molar-refractivity contribution in [2.45, 2.75) is 266 Å². The third-order valence-electron chi connectivity index (χ3n) is 20.2. The third kappa shape index (κ3) is 29.2. The standard InChI is InChI=1S/C63H113N6O34P3/c1-37(74)64-49-55(83)52(80)43(28-70)101-58(49)93-25-7-4-10-46(77)67-40-13-19-61(31-73,20-14-40)32-97-105(89,90)99-35-63(23-17-42(18-24-63)69-48(79)12-6-9-27-95-60-51(66-39(3)76)57(85)54(82)45(30-72)103-60)36-100-106(91,92)98-34-62(33-96-104(86,87)88)21-15-41(16-22-62)68-47(78)11-5-8-26-94-59-50(65-38(2)75)56(84)53(81)44(29-71)102-59/h40-45,49-60,70-73,80-85H,4-36H2,1-3H3,(H,64,74)(H,65,75)(H,66,76)(H,67,77)(H,68,78)(H,69,79)(H,89,90)(H,91,92)(H2,86,87,88)/p-3/t40?,41?,42?,43-,44-,45-,49-,50-,51-,52+,53+,54+,55-,56-,57-,58-,59-,60-,61?,62?,63?/m1/s1. The van der Waals surface area contributed by atoms with E-state index in [-0.39, 0.29) is 140 Å². The van der Waals surface area contributed by atoms with Crippen molar-refractivity contribution in [1.82, 2.24) is 31.9 Å². The summed E-state index contributed by atoms with van der Waals surface area (Å²) in [6.45, 7) is -2.31. The van der Waals surface area contributed by atoms with Crippen LogP contribution in [0.4, 0.5) is 0 Å². The van der Waals surface area contributed by atoms with E-state index in [1.54, 1.807) is 0 Å². The monoisotopic (exact) mass is 1590 g/mol. The zero-order chi connectivity index (χ0) is 78.2. The Morgan fingerprint density at radius 2 is 0.651 bits per heavy atom. The van der Waals surface area contributed by atoms with E-state index in [0.29, 0.717) is 38.5 Å². The van der Waals surface area contributed by atoms with Gasteiger partial charge in [-0.25, -0.2) is 0 Å². The van der Waals surface area contributed by atoms with Crippen LogP contribution in [0.2, 0.25) is 0 Å². The molecule has 0 aromatic rings. The number of amides is 6. The molecule has 6 rings (SSSR count). The average Bonchev–Trinajstić information content (AvgIpc) is 0.818. The Labute approximate surface area is 614 Å². The van der Waals surface area contributed by atoms with Crippen molar-refractivity contribution in [3.63, 3.8) is 0 Å². The van der Waals surface area contributed by atoms with Crippen LogP contribution < -0.4 is 46.6 Å². The minimum absolute atomic E-state index is 0.0000994. The third-order valence-corrected chi connectivity index (χ3v) is 22.4. The Morgan fingerprint density at radius 3 is 0.896 bits per heavy atom. The van der Waals surface area contributed by atoms with Crippen molar-refractivity contribution in [1.29, 1.82) is 0 Å². The van der Waals surface area contributed by atoms with E-state index in [1.165, 1.54) is 20.8 Å². The van der Waals surface area contributed by atoms with E-state index >= 15 is 0 Å². The summed E-state index contributed by atoms with van der Waals surface area (Å²) < 4.78 is 99.8. The molecule has 614 valence electrons. The van der Waals surface area contributed by atoms with Crippen LogP contribution in [-0.4, -0.2) is 281 Å². The smallest absolute Gasteiger partial charge is 0.267 e. The zero-order valence-corrected chi connectivity index (χ0v) is 62.6. The first kappa shape index (κ1) is 91.4. The molecule has 18 atom stereocenters. The number of hydrogen-bond acceptors (Lipinski definition) is 33. The molecule has 3 saturated carbocycles. The summed E-state index contributed by atoms with van der Waals surface area (Å²) in [4.78, 5) is 124. The van der Waals surface area contributed by atoms with Crippen molar-refractivity contribution in [3.8, 4) is 0 Å². The van der Waals surface area contributed by atoms with E-state index in [9.17, 15) is 113 Å². The Hall–Kier alpha value is -3.49. The molecule has 0 radical (unpaired) electrons. The molecule has 0 aromatic carbocycles. The zero-order valence-electron chi connectivity index (χ0n) is 59.9.